The number of nitrogens with zero attached hydrogens (tertiary/aromatic N) is 1. The van der Waals surface area contributed by atoms with Crippen molar-refractivity contribution >= 4 is 22.5 Å². The van der Waals surface area contributed by atoms with E-state index in [1.54, 1.807) is 37.4 Å². The first kappa shape index (κ1) is 20.5. The maximum absolute atomic E-state index is 13.7. The minimum atomic E-state index is -1.05. The molecule has 0 aliphatic carbocycles. The minimum absolute atomic E-state index is 0.196. The van der Waals surface area contributed by atoms with Crippen LogP contribution in [0.3, 0.4) is 0 Å². The Hall–Kier alpha value is -3.79. The highest BCUT2D eigenvalue weighted by Gasteiger charge is 2.40. The molecule has 0 spiro atoms. The van der Waals surface area contributed by atoms with Gasteiger partial charge in [0.2, 0.25) is 0 Å². The molecule has 0 fully saturated rings. The van der Waals surface area contributed by atoms with Crippen molar-refractivity contribution in [2.45, 2.75) is 12.8 Å². The van der Waals surface area contributed by atoms with Crippen LogP contribution < -0.4 is 0 Å². The fourth-order valence-electron chi connectivity index (χ4n) is 3.97. The summed E-state index contributed by atoms with van der Waals surface area (Å²) >= 11 is 0. The van der Waals surface area contributed by atoms with Gasteiger partial charge in [-0.2, -0.15) is 0 Å². The van der Waals surface area contributed by atoms with Crippen LogP contribution in [-0.2, 0) is 9.53 Å². The van der Waals surface area contributed by atoms with Crippen LogP contribution in [0.2, 0.25) is 0 Å². The van der Waals surface area contributed by atoms with Gasteiger partial charge < -0.3 is 4.74 Å². The lowest BCUT2D eigenvalue weighted by Crippen LogP contribution is -2.33. The number of benzene rings is 3. The monoisotopic (exact) mass is 409 g/mol. The van der Waals surface area contributed by atoms with Crippen LogP contribution in [0.25, 0.3) is 10.8 Å². The van der Waals surface area contributed by atoms with Crippen molar-refractivity contribution in [2.75, 3.05) is 6.61 Å². The third kappa shape index (κ3) is 4.24. The van der Waals surface area contributed by atoms with Gasteiger partial charge in [0.1, 0.15) is 5.92 Å². The van der Waals surface area contributed by atoms with Crippen LogP contribution in [0.4, 0.5) is 0 Å². The molecule has 4 heteroatoms. The smallest absolute Gasteiger partial charge is 0.317 e. The highest BCUT2D eigenvalue weighted by molar-refractivity contribution is 6.10. The number of fused-ring (bicyclic) bond motifs is 1. The summed E-state index contributed by atoms with van der Waals surface area (Å²) in [5.74, 6) is -2.45. The van der Waals surface area contributed by atoms with E-state index in [4.69, 9.17) is 4.74 Å². The molecular formula is C27H23NO3. The number of rotatable bonds is 7. The van der Waals surface area contributed by atoms with Crippen molar-refractivity contribution in [2.24, 2.45) is 5.92 Å². The van der Waals surface area contributed by atoms with E-state index in [-0.39, 0.29) is 12.4 Å². The number of hydrogen-bond donors (Lipinski definition) is 0. The van der Waals surface area contributed by atoms with Crippen LogP contribution in [0.5, 0.6) is 0 Å². The molecule has 0 saturated heterocycles. The Kier molecular flexibility index (Phi) is 6.18. The third-order valence-electron chi connectivity index (χ3n) is 5.37. The van der Waals surface area contributed by atoms with Gasteiger partial charge in [-0.3, -0.25) is 14.6 Å². The second-order valence-corrected chi connectivity index (χ2v) is 7.27. The topological polar surface area (TPSA) is 56.3 Å². The molecule has 1 aromatic heterocycles. The third-order valence-corrected chi connectivity index (χ3v) is 5.37. The first-order valence-electron chi connectivity index (χ1n) is 10.3. The van der Waals surface area contributed by atoms with Gasteiger partial charge in [-0.15, -0.1) is 0 Å². The molecule has 0 aliphatic rings. The highest BCUT2D eigenvalue weighted by Crippen LogP contribution is 2.37. The lowest BCUT2D eigenvalue weighted by Gasteiger charge is -2.26. The van der Waals surface area contributed by atoms with Crippen molar-refractivity contribution in [3.8, 4) is 0 Å². The maximum atomic E-state index is 13.7. The number of esters is 1. The lowest BCUT2D eigenvalue weighted by atomic mass is 9.78. The van der Waals surface area contributed by atoms with E-state index < -0.39 is 17.8 Å². The van der Waals surface area contributed by atoms with Gasteiger partial charge in [0, 0.05) is 23.1 Å². The number of carbonyl (C=O) groups is 2. The van der Waals surface area contributed by atoms with E-state index in [1.165, 1.54) is 0 Å². The molecule has 4 aromatic rings. The average molecular weight is 409 g/mol. The molecule has 2 atom stereocenters. The molecule has 0 unspecified atom stereocenters. The fourth-order valence-corrected chi connectivity index (χ4v) is 3.97. The van der Waals surface area contributed by atoms with E-state index in [0.29, 0.717) is 11.3 Å². The summed E-state index contributed by atoms with van der Waals surface area (Å²) in [6.07, 6.45) is 1.73. The summed E-state index contributed by atoms with van der Waals surface area (Å²) in [4.78, 5) is 31.5. The quantitative estimate of drug-likeness (QED) is 0.232. The Balaban J connectivity index is 1.95. The Morgan fingerprint density at radius 3 is 2.19 bits per heavy atom. The first-order valence-corrected chi connectivity index (χ1v) is 10.3. The van der Waals surface area contributed by atoms with Crippen molar-refractivity contribution in [1.29, 1.82) is 0 Å². The zero-order valence-electron chi connectivity index (χ0n) is 17.3. The molecule has 4 nitrogen and oxygen atoms in total. The highest BCUT2D eigenvalue weighted by atomic mass is 16.5. The van der Waals surface area contributed by atoms with Crippen LogP contribution in [0, 0.1) is 5.92 Å². The largest absolute Gasteiger partial charge is 0.465 e. The lowest BCUT2D eigenvalue weighted by molar-refractivity contribution is -0.146. The minimum Gasteiger partial charge on any atom is -0.465 e. The van der Waals surface area contributed by atoms with Crippen LogP contribution >= 0.6 is 0 Å². The average Bonchev–Trinajstić information content (AvgIpc) is 2.83. The number of carbonyl (C=O) groups excluding carboxylic acids is 2. The molecule has 1 heterocycles. The van der Waals surface area contributed by atoms with Crippen LogP contribution in [0.1, 0.15) is 34.5 Å². The molecule has 31 heavy (non-hydrogen) atoms. The molecule has 3 aromatic carbocycles. The van der Waals surface area contributed by atoms with Gasteiger partial charge in [-0.1, -0.05) is 84.9 Å². The zero-order valence-corrected chi connectivity index (χ0v) is 17.3. The summed E-state index contributed by atoms with van der Waals surface area (Å²) in [5, 5.41) is 1.91. The number of ether oxygens (including phenoxy) is 1. The molecule has 0 radical (unpaired) electrons. The standard InChI is InChI=1S/C27H23NO3/c1-2-31-27(30)24(26(29)21-14-7-4-8-15-21)23(20-12-5-3-6-13-20)25-22-16-10-9-11-19(22)17-18-28-25/h3-18,23-24H,2H2,1H3/t23-,24-/m1/s1. The number of aromatic nitrogens is 1. The van der Waals surface area contributed by atoms with E-state index >= 15 is 0 Å². The predicted octanol–water partition coefficient (Wildman–Crippen LogP) is 5.43. The molecule has 0 N–H and O–H groups in total. The van der Waals surface area contributed by atoms with E-state index in [9.17, 15) is 9.59 Å². The summed E-state index contributed by atoms with van der Waals surface area (Å²) in [6, 6.07) is 28.3. The number of pyridine rings is 1. The molecule has 0 saturated carbocycles. The van der Waals surface area contributed by atoms with Crippen LogP contribution in [0.15, 0.2) is 97.2 Å². The van der Waals surface area contributed by atoms with Gasteiger partial charge in [0.05, 0.1) is 12.3 Å². The Bertz CT molecular complexity index is 1180. The van der Waals surface area contributed by atoms with Gasteiger partial charge in [-0.25, -0.2) is 0 Å². The molecule has 4 rings (SSSR count). The zero-order chi connectivity index (χ0) is 21.6. The molecular weight excluding hydrogens is 386 g/mol. The summed E-state index contributed by atoms with van der Waals surface area (Å²) < 4.78 is 5.40. The second-order valence-electron chi connectivity index (χ2n) is 7.27. The van der Waals surface area contributed by atoms with Gasteiger partial charge in [-0.05, 0) is 23.9 Å². The van der Waals surface area contributed by atoms with Crippen molar-refractivity contribution in [3.63, 3.8) is 0 Å². The van der Waals surface area contributed by atoms with Crippen molar-refractivity contribution < 1.29 is 14.3 Å². The summed E-state index contributed by atoms with van der Waals surface area (Å²) in [6.45, 7) is 1.94. The first-order chi connectivity index (χ1) is 15.2. The molecule has 0 aliphatic heterocycles. The normalized spacial score (nSPS) is 12.8. The maximum Gasteiger partial charge on any atom is 0.317 e. The van der Waals surface area contributed by atoms with E-state index in [2.05, 4.69) is 4.98 Å². The van der Waals surface area contributed by atoms with Crippen molar-refractivity contribution in [1.82, 2.24) is 4.98 Å². The molecule has 0 bridgehead atoms. The SMILES string of the molecule is CCOC(=O)[C@@H](C(=O)c1ccccc1)[C@@H](c1ccccc1)c1nccc2ccccc12. The second kappa shape index (κ2) is 9.35. The predicted molar refractivity (Wildman–Crippen MR) is 121 cm³/mol. The Morgan fingerprint density at radius 2 is 1.48 bits per heavy atom. The molecule has 0 amide bonds. The van der Waals surface area contributed by atoms with E-state index in [1.807, 2.05) is 66.7 Å². The van der Waals surface area contributed by atoms with Gasteiger partial charge in [0.25, 0.3) is 0 Å². The van der Waals surface area contributed by atoms with Gasteiger partial charge in [0.15, 0.2) is 5.78 Å². The summed E-state index contributed by atoms with van der Waals surface area (Å²) in [5.41, 5.74) is 2.00. The van der Waals surface area contributed by atoms with E-state index in [0.717, 1.165) is 16.3 Å². The van der Waals surface area contributed by atoms with Crippen LogP contribution in [-0.4, -0.2) is 23.3 Å². The summed E-state index contributed by atoms with van der Waals surface area (Å²) in [7, 11) is 0. The Labute approximate surface area is 181 Å². The molecule has 154 valence electrons. The van der Waals surface area contributed by atoms with Crippen molar-refractivity contribution in [3.05, 3.63) is 114 Å². The fraction of sp³-hybridized carbons (Fsp3) is 0.148. The van der Waals surface area contributed by atoms with Gasteiger partial charge >= 0.3 is 5.97 Å². The number of Topliss-reactive ketones (excluding diaryl/α,β-unsaturated/α-hetero) is 1. The number of hydrogen-bond acceptors (Lipinski definition) is 4. The Morgan fingerprint density at radius 1 is 0.839 bits per heavy atom. The number of ketones is 1.